The molecule has 0 spiro atoms. The van der Waals surface area contributed by atoms with Crippen molar-refractivity contribution in [3.05, 3.63) is 42.0 Å². The molecule has 6 heteroatoms. The van der Waals surface area contributed by atoms with Gasteiger partial charge in [-0.1, -0.05) is 24.3 Å². The molecular weight excluding hydrogens is 332 g/mol. The number of benzene rings is 1. The number of methoxy groups -OCH3 is 1. The Hall–Kier alpha value is -2.63. The smallest absolute Gasteiger partial charge is 0.242 e. The van der Waals surface area contributed by atoms with Crippen molar-refractivity contribution in [2.24, 2.45) is 23.7 Å². The maximum atomic E-state index is 12.7. The van der Waals surface area contributed by atoms with Crippen LogP contribution in [0, 0.1) is 23.7 Å². The highest BCUT2D eigenvalue weighted by Crippen LogP contribution is 2.52. The van der Waals surface area contributed by atoms with Gasteiger partial charge in [-0.05, 0) is 36.0 Å². The second-order valence-electron chi connectivity index (χ2n) is 7.36. The Balaban J connectivity index is 1.40. The molecule has 1 aliphatic heterocycles. The molecule has 6 nitrogen and oxygen atoms in total. The number of likely N-dealkylation sites (N-methyl/N-ethyl adjacent to an activating group) is 1. The van der Waals surface area contributed by atoms with Crippen molar-refractivity contribution >= 4 is 17.7 Å². The van der Waals surface area contributed by atoms with Crippen molar-refractivity contribution in [3.8, 4) is 5.75 Å². The molecule has 4 rings (SSSR count). The van der Waals surface area contributed by atoms with Crippen LogP contribution in [0.1, 0.15) is 12.0 Å². The van der Waals surface area contributed by atoms with Crippen molar-refractivity contribution in [2.45, 2.75) is 13.0 Å². The Labute approximate surface area is 152 Å². The molecule has 26 heavy (non-hydrogen) atoms. The van der Waals surface area contributed by atoms with Gasteiger partial charge >= 0.3 is 0 Å². The molecule has 4 unspecified atom stereocenters. The highest BCUT2D eigenvalue weighted by atomic mass is 16.5. The lowest BCUT2D eigenvalue weighted by atomic mass is 9.85. The minimum Gasteiger partial charge on any atom is -0.497 e. The molecule has 1 saturated heterocycles. The molecule has 2 aliphatic carbocycles. The summed E-state index contributed by atoms with van der Waals surface area (Å²) in [6, 6.07) is 7.46. The quantitative estimate of drug-likeness (QED) is 0.593. The first-order valence-corrected chi connectivity index (χ1v) is 8.90. The summed E-state index contributed by atoms with van der Waals surface area (Å²) < 4.78 is 5.13. The molecule has 0 aromatic heterocycles. The Morgan fingerprint density at radius 1 is 1.12 bits per heavy atom. The van der Waals surface area contributed by atoms with Gasteiger partial charge in [0, 0.05) is 13.6 Å². The van der Waals surface area contributed by atoms with E-state index in [4.69, 9.17) is 4.74 Å². The van der Waals surface area contributed by atoms with E-state index in [0.717, 1.165) is 17.7 Å². The van der Waals surface area contributed by atoms with Gasteiger partial charge in [-0.25, -0.2) is 0 Å². The fraction of sp³-hybridized carbons (Fsp3) is 0.450. The third-order valence-electron chi connectivity index (χ3n) is 5.86. The zero-order valence-corrected chi connectivity index (χ0v) is 14.9. The van der Waals surface area contributed by atoms with E-state index in [0.29, 0.717) is 6.54 Å². The largest absolute Gasteiger partial charge is 0.497 e. The van der Waals surface area contributed by atoms with Gasteiger partial charge < -0.3 is 9.64 Å². The predicted octanol–water partition coefficient (Wildman–Crippen LogP) is 1.46. The first-order valence-electron chi connectivity index (χ1n) is 8.90. The van der Waals surface area contributed by atoms with E-state index >= 15 is 0 Å². The number of hydrogen-bond acceptors (Lipinski definition) is 4. The molecule has 1 aromatic rings. The van der Waals surface area contributed by atoms with Gasteiger partial charge in [-0.2, -0.15) is 0 Å². The van der Waals surface area contributed by atoms with Crippen LogP contribution in [0.5, 0.6) is 5.75 Å². The number of fused-ring (bicyclic) bond motifs is 5. The minimum absolute atomic E-state index is 0.165. The van der Waals surface area contributed by atoms with Crippen LogP contribution in [-0.2, 0) is 20.9 Å². The number of hydrogen-bond donors (Lipinski definition) is 0. The Bertz CT molecular complexity index is 756. The van der Waals surface area contributed by atoms with Crippen molar-refractivity contribution < 1.29 is 19.1 Å². The Morgan fingerprint density at radius 2 is 1.69 bits per heavy atom. The molecule has 2 bridgehead atoms. The second kappa shape index (κ2) is 6.27. The number of carbonyl (C=O) groups excluding carboxylic acids is 3. The summed E-state index contributed by atoms with van der Waals surface area (Å²) in [6.45, 7) is 0.246. The molecule has 0 N–H and O–H groups in total. The van der Waals surface area contributed by atoms with Gasteiger partial charge in [0.25, 0.3) is 0 Å². The number of rotatable bonds is 5. The molecule has 4 atom stereocenters. The fourth-order valence-electron chi connectivity index (χ4n) is 4.47. The summed E-state index contributed by atoms with van der Waals surface area (Å²) in [5, 5.41) is 0. The summed E-state index contributed by atoms with van der Waals surface area (Å²) in [5.41, 5.74) is 0.958. The summed E-state index contributed by atoms with van der Waals surface area (Å²) in [7, 11) is 3.29. The third kappa shape index (κ3) is 2.60. The Morgan fingerprint density at radius 3 is 2.23 bits per heavy atom. The van der Waals surface area contributed by atoms with Crippen LogP contribution < -0.4 is 4.74 Å². The van der Waals surface area contributed by atoms with Gasteiger partial charge in [0.05, 0.1) is 18.9 Å². The maximum absolute atomic E-state index is 12.7. The number of nitrogens with zero attached hydrogens (tertiary/aromatic N) is 2. The maximum Gasteiger partial charge on any atom is 0.242 e. The van der Waals surface area contributed by atoms with Gasteiger partial charge in [0.15, 0.2) is 0 Å². The molecule has 0 radical (unpaired) electrons. The summed E-state index contributed by atoms with van der Waals surface area (Å²) >= 11 is 0. The number of likely N-dealkylation sites (tertiary alicyclic amines) is 1. The summed E-state index contributed by atoms with van der Waals surface area (Å²) in [6.07, 6.45) is 5.00. The molecule has 1 saturated carbocycles. The van der Waals surface area contributed by atoms with Crippen LogP contribution in [0.4, 0.5) is 0 Å². The molecule has 3 amide bonds. The van der Waals surface area contributed by atoms with Crippen molar-refractivity contribution in [2.75, 3.05) is 20.7 Å². The number of allylic oxidation sites excluding steroid dienone is 2. The number of carbonyl (C=O) groups is 3. The zero-order valence-electron chi connectivity index (χ0n) is 14.9. The van der Waals surface area contributed by atoms with Crippen LogP contribution in [-0.4, -0.2) is 48.2 Å². The van der Waals surface area contributed by atoms with Gasteiger partial charge in [0.1, 0.15) is 12.3 Å². The van der Waals surface area contributed by atoms with E-state index < -0.39 is 0 Å². The highest BCUT2D eigenvalue weighted by Gasteiger charge is 2.59. The summed E-state index contributed by atoms with van der Waals surface area (Å²) in [5.74, 6) is -0.00814. The van der Waals surface area contributed by atoms with E-state index in [-0.39, 0.29) is 47.9 Å². The number of amides is 3. The average Bonchev–Trinajstić information content (AvgIpc) is 3.32. The normalized spacial score (nSPS) is 28.6. The van der Waals surface area contributed by atoms with Crippen molar-refractivity contribution in [1.29, 1.82) is 0 Å². The number of ether oxygens (including phenoxy) is 1. The number of imide groups is 1. The lowest BCUT2D eigenvalue weighted by molar-refractivity contribution is -0.146. The van der Waals surface area contributed by atoms with E-state index in [2.05, 4.69) is 12.2 Å². The van der Waals surface area contributed by atoms with E-state index in [1.165, 1.54) is 4.90 Å². The lowest BCUT2D eigenvalue weighted by Crippen LogP contribution is -2.42. The zero-order chi connectivity index (χ0) is 18.4. The average molecular weight is 354 g/mol. The van der Waals surface area contributed by atoms with Crippen LogP contribution in [0.15, 0.2) is 36.4 Å². The summed E-state index contributed by atoms with van der Waals surface area (Å²) in [4.78, 5) is 40.6. The monoisotopic (exact) mass is 354 g/mol. The molecular formula is C20H22N2O4. The van der Waals surface area contributed by atoms with E-state index in [1.54, 1.807) is 19.1 Å². The third-order valence-corrected chi connectivity index (χ3v) is 5.86. The standard InChI is InChI=1S/C20H22N2O4/c1-21(10-12-3-7-15(26-2)8-4-12)16(23)11-22-19(24)17-13-5-6-14(9-13)18(17)20(22)25/h3-8,13-14,17-18H,9-11H2,1-2H3. The lowest BCUT2D eigenvalue weighted by Gasteiger charge is -2.22. The molecule has 1 aromatic carbocycles. The molecule has 1 heterocycles. The molecule has 3 aliphatic rings. The van der Waals surface area contributed by atoms with Crippen molar-refractivity contribution in [3.63, 3.8) is 0 Å². The van der Waals surface area contributed by atoms with Gasteiger partial charge in [-0.15, -0.1) is 0 Å². The van der Waals surface area contributed by atoms with Crippen LogP contribution in [0.25, 0.3) is 0 Å². The van der Waals surface area contributed by atoms with Crippen LogP contribution >= 0.6 is 0 Å². The van der Waals surface area contributed by atoms with Crippen LogP contribution in [0.3, 0.4) is 0 Å². The SMILES string of the molecule is COc1ccc(CN(C)C(=O)CN2C(=O)C3C4C=CC(C4)C3C2=O)cc1. The molecule has 136 valence electrons. The predicted molar refractivity (Wildman–Crippen MR) is 93.9 cm³/mol. The Kier molecular flexibility index (Phi) is 4.05. The van der Waals surface area contributed by atoms with Crippen LogP contribution in [0.2, 0.25) is 0 Å². The highest BCUT2D eigenvalue weighted by molar-refractivity contribution is 6.08. The van der Waals surface area contributed by atoms with Crippen molar-refractivity contribution in [1.82, 2.24) is 9.80 Å². The van der Waals surface area contributed by atoms with E-state index in [1.807, 2.05) is 24.3 Å². The van der Waals surface area contributed by atoms with Gasteiger partial charge in [-0.3, -0.25) is 19.3 Å². The topological polar surface area (TPSA) is 66.9 Å². The van der Waals surface area contributed by atoms with Gasteiger partial charge in [0.2, 0.25) is 17.7 Å². The molecule has 2 fully saturated rings. The van der Waals surface area contributed by atoms with E-state index in [9.17, 15) is 14.4 Å². The second-order valence-corrected chi connectivity index (χ2v) is 7.36. The first-order chi connectivity index (χ1) is 12.5. The first kappa shape index (κ1) is 16.8. The fourth-order valence-corrected chi connectivity index (χ4v) is 4.47. The minimum atomic E-state index is -0.253.